The maximum absolute atomic E-state index is 6.17. The van der Waals surface area contributed by atoms with Crippen molar-refractivity contribution in [1.82, 2.24) is 10.1 Å². The molecule has 1 aromatic carbocycles. The Bertz CT molecular complexity index is 586. The van der Waals surface area contributed by atoms with E-state index in [2.05, 4.69) is 10.1 Å². The lowest BCUT2D eigenvalue weighted by molar-refractivity contribution is 0.229. The molecule has 1 fully saturated rings. The van der Waals surface area contributed by atoms with E-state index in [1.165, 1.54) is 0 Å². The van der Waals surface area contributed by atoms with Crippen molar-refractivity contribution >= 4 is 5.69 Å². The number of nitrogens with zero attached hydrogens (tertiary/aromatic N) is 2. The van der Waals surface area contributed by atoms with Gasteiger partial charge in [0.1, 0.15) is 0 Å². The topological polar surface area (TPSA) is 91.0 Å². The molecule has 1 aromatic heterocycles. The zero-order valence-corrected chi connectivity index (χ0v) is 10.3. The quantitative estimate of drug-likeness (QED) is 0.788. The van der Waals surface area contributed by atoms with Gasteiger partial charge in [0.25, 0.3) is 5.89 Å². The number of anilines is 1. The Morgan fingerprint density at radius 2 is 2.11 bits per heavy atom. The number of benzene rings is 1. The number of aryl methyl sites for hydroxylation is 1. The monoisotopic (exact) mass is 244 g/mol. The molecule has 0 radical (unpaired) electrons. The molecule has 0 atom stereocenters. The fourth-order valence-electron chi connectivity index (χ4n) is 2.19. The van der Waals surface area contributed by atoms with Gasteiger partial charge in [0.05, 0.1) is 5.54 Å². The summed E-state index contributed by atoms with van der Waals surface area (Å²) in [5.74, 6) is 1.09. The van der Waals surface area contributed by atoms with E-state index in [-0.39, 0.29) is 0 Å². The Balaban J connectivity index is 2.00. The van der Waals surface area contributed by atoms with Gasteiger partial charge in [0.2, 0.25) is 0 Å². The molecule has 94 valence electrons. The smallest absolute Gasteiger partial charge is 0.258 e. The number of hydrogen-bond acceptors (Lipinski definition) is 5. The molecular formula is C13H16N4O. The Morgan fingerprint density at radius 3 is 2.78 bits per heavy atom. The fourth-order valence-corrected chi connectivity index (χ4v) is 2.19. The molecule has 1 saturated carbocycles. The van der Waals surface area contributed by atoms with Gasteiger partial charge in [-0.3, -0.25) is 0 Å². The van der Waals surface area contributed by atoms with E-state index in [0.29, 0.717) is 17.4 Å². The summed E-state index contributed by atoms with van der Waals surface area (Å²) in [7, 11) is 0. The summed E-state index contributed by atoms with van der Waals surface area (Å²) >= 11 is 0. The molecule has 4 N–H and O–H groups in total. The van der Waals surface area contributed by atoms with Crippen molar-refractivity contribution in [3.63, 3.8) is 0 Å². The molecule has 0 bridgehead atoms. The highest BCUT2D eigenvalue weighted by molar-refractivity contribution is 5.64. The van der Waals surface area contributed by atoms with Crippen LogP contribution in [0.1, 0.15) is 30.7 Å². The molecule has 2 aromatic rings. The summed E-state index contributed by atoms with van der Waals surface area (Å²) in [6.45, 7) is 1.99. The number of rotatable bonds is 2. The lowest BCUT2D eigenvalue weighted by atomic mass is 9.77. The summed E-state index contributed by atoms with van der Waals surface area (Å²) in [4.78, 5) is 4.42. The molecule has 18 heavy (non-hydrogen) atoms. The van der Waals surface area contributed by atoms with Gasteiger partial charge >= 0.3 is 0 Å². The molecular weight excluding hydrogens is 228 g/mol. The Hall–Kier alpha value is -1.88. The molecule has 1 heterocycles. The van der Waals surface area contributed by atoms with Crippen molar-refractivity contribution in [2.45, 2.75) is 31.7 Å². The van der Waals surface area contributed by atoms with Gasteiger partial charge in [-0.2, -0.15) is 4.98 Å². The average molecular weight is 244 g/mol. The van der Waals surface area contributed by atoms with Gasteiger partial charge in [-0.05, 0) is 43.9 Å². The second-order valence-corrected chi connectivity index (χ2v) is 5.01. The molecule has 0 amide bonds. The third-order valence-electron chi connectivity index (χ3n) is 3.61. The zero-order chi connectivity index (χ0) is 12.8. The van der Waals surface area contributed by atoms with Crippen molar-refractivity contribution in [3.05, 3.63) is 29.6 Å². The summed E-state index contributed by atoms with van der Waals surface area (Å²) < 4.78 is 5.31. The van der Waals surface area contributed by atoms with Crippen molar-refractivity contribution in [2.24, 2.45) is 5.73 Å². The largest absolute Gasteiger partial charge is 0.399 e. The summed E-state index contributed by atoms with van der Waals surface area (Å²) in [6, 6.07) is 5.64. The van der Waals surface area contributed by atoms with Crippen molar-refractivity contribution in [3.8, 4) is 11.5 Å². The highest BCUT2D eigenvalue weighted by Crippen LogP contribution is 2.38. The SMILES string of the molecule is Cc1ccc(N)cc1-c1nc(C2(N)CCC2)no1. The van der Waals surface area contributed by atoms with Crippen LogP contribution in [0, 0.1) is 6.92 Å². The Morgan fingerprint density at radius 1 is 1.33 bits per heavy atom. The molecule has 5 heteroatoms. The van der Waals surface area contributed by atoms with E-state index in [0.717, 1.165) is 30.4 Å². The van der Waals surface area contributed by atoms with Crippen LogP contribution in [-0.2, 0) is 5.54 Å². The number of hydrogen-bond donors (Lipinski definition) is 2. The van der Waals surface area contributed by atoms with Gasteiger partial charge in [-0.15, -0.1) is 0 Å². The van der Waals surface area contributed by atoms with E-state index in [9.17, 15) is 0 Å². The van der Waals surface area contributed by atoms with E-state index in [1.54, 1.807) is 0 Å². The third-order valence-corrected chi connectivity index (χ3v) is 3.61. The maximum Gasteiger partial charge on any atom is 0.258 e. The first-order valence-electron chi connectivity index (χ1n) is 6.08. The van der Waals surface area contributed by atoms with E-state index >= 15 is 0 Å². The Labute approximate surface area is 105 Å². The molecule has 1 aliphatic carbocycles. The van der Waals surface area contributed by atoms with Crippen LogP contribution >= 0.6 is 0 Å². The third kappa shape index (κ3) is 1.67. The standard InChI is InChI=1S/C13H16N4O/c1-8-3-4-9(14)7-10(8)11-16-12(17-18-11)13(15)5-2-6-13/h3-4,7H,2,5-6,14-15H2,1H3. The van der Waals surface area contributed by atoms with Crippen molar-refractivity contribution < 1.29 is 4.52 Å². The number of nitrogen functional groups attached to an aromatic ring is 1. The first-order chi connectivity index (χ1) is 8.58. The van der Waals surface area contributed by atoms with E-state index < -0.39 is 5.54 Å². The van der Waals surface area contributed by atoms with Crippen LogP contribution in [0.25, 0.3) is 11.5 Å². The summed E-state index contributed by atoms with van der Waals surface area (Å²) in [5.41, 5.74) is 14.2. The van der Waals surface area contributed by atoms with Crippen LogP contribution in [0.2, 0.25) is 0 Å². The second-order valence-electron chi connectivity index (χ2n) is 5.01. The highest BCUT2D eigenvalue weighted by Gasteiger charge is 2.39. The van der Waals surface area contributed by atoms with Crippen molar-refractivity contribution in [1.29, 1.82) is 0 Å². The van der Waals surface area contributed by atoms with Crippen LogP contribution in [0.4, 0.5) is 5.69 Å². The van der Waals surface area contributed by atoms with Gasteiger partial charge in [-0.1, -0.05) is 11.2 Å². The minimum Gasteiger partial charge on any atom is -0.399 e. The van der Waals surface area contributed by atoms with E-state index in [1.807, 2.05) is 25.1 Å². The van der Waals surface area contributed by atoms with Crippen LogP contribution in [0.15, 0.2) is 22.7 Å². The normalized spacial score (nSPS) is 17.4. The molecule has 0 spiro atoms. The van der Waals surface area contributed by atoms with Crippen molar-refractivity contribution in [2.75, 3.05) is 5.73 Å². The number of nitrogens with two attached hydrogens (primary N) is 2. The van der Waals surface area contributed by atoms with Crippen LogP contribution < -0.4 is 11.5 Å². The predicted molar refractivity (Wildman–Crippen MR) is 68.6 cm³/mol. The van der Waals surface area contributed by atoms with Crippen LogP contribution in [0.5, 0.6) is 0 Å². The van der Waals surface area contributed by atoms with Gasteiger partial charge < -0.3 is 16.0 Å². The molecule has 0 aliphatic heterocycles. The van der Waals surface area contributed by atoms with Gasteiger partial charge in [-0.25, -0.2) is 0 Å². The minimum absolute atomic E-state index is 0.393. The van der Waals surface area contributed by atoms with Crippen LogP contribution in [0.3, 0.4) is 0 Å². The molecule has 5 nitrogen and oxygen atoms in total. The second kappa shape index (κ2) is 3.81. The first-order valence-corrected chi connectivity index (χ1v) is 6.08. The van der Waals surface area contributed by atoms with E-state index in [4.69, 9.17) is 16.0 Å². The minimum atomic E-state index is -0.393. The first kappa shape index (κ1) is 11.2. The average Bonchev–Trinajstić information content (AvgIpc) is 2.79. The van der Waals surface area contributed by atoms with Crippen LogP contribution in [-0.4, -0.2) is 10.1 Å². The van der Waals surface area contributed by atoms with Gasteiger partial charge in [0, 0.05) is 11.3 Å². The molecule has 1 aliphatic rings. The fraction of sp³-hybridized carbons (Fsp3) is 0.385. The summed E-state index contributed by atoms with van der Waals surface area (Å²) in [5, 5.41) is 4.01. The zero-order valence-electron chi connectivity index (χ0n) is 10.3. The predicted octanol–water partition coefficient (Wildman–Crippen LogP) is 1.97. The Kier molecular flexibility index (Phi) is 2.38. The lowest BCUT2D eigenvalue weighted by Gasteiger charge is -2.34. The number of aromatic nitrogens is 2. The maximum atomic E-state index is 6.17. The molecule has 0 unspecified atom stereocenters. The molecule has 3 rings (SSSR count). The summed E-state index contributed by atoms with van der Waals surface area (Å²) in [6.07, 6.45) is 2.96. The molecule has 0 saturated heterocycles. The van der Waals surface area contributed by atoms with Gasteiger partial charge in [0.15, 0.2) is 5.82 Å². The highest BCUT2D eigenvalue weighted by atomic mass is 16.5. The lowest BCUT2D eigenvalue weighted by Crippen LogP contribution is -2.44.